The summed E-state index contributed by atoms with van der Waals surface area (Å²) in [7, 11) is 0. The molecule has 0 aliphatic rings. The normalized spacial score (nSPS) is 15.1. The highest BCUT2D eigenvalue weighted by Crippen LogP contribution is 2.16. The maximum Gasteiger partial charge on any atom is 0.349 e. The van der Waals surface area contributed by atoms with E-state index in [9.17, 15) is 13.6 Å². The van der Waals surface area contributed by atoms with Crippen molar-refractivity contribution < 1.29 is 18.7 Å². The highest BCUT2D eigenvalue weighted by atomic mass is 19.3. The first-order valence-electron chi connectivity index (χ1n) is 2.24. The van der Waals surface area contributed by atoms with Crippen LogP contribution in [0.5, 0.6) is 0 Å². The maximum absolute atomic E-state index is 11.9. The highest BCUT2D eigenvalue weighted by Gasteiger charge is 2.41. The Morgan fingerprint density at radius 3 is 2.11 bits per heavy atom. The molecule has 1 atom stereocenters. The minimum atomic E-state index is -3.81. The van der Waals surface area contributed by atoms with Gasteiger partial charge in [-0.05, 0) is 6.92 Å². The number of aliphatic hydroxyl groups is 1. The van der Waals surface area contributed by atoms with Crippen LogP contribution in [0, 0.1) is 0 Å². The molecule has 0 saturated heterocycles. The molecule has 0 fully saturated rings. The zero-order valence-corrected chi connectivity index (χ0v) is 4.77. The van der Waals surface area contributed by atoms with Crippen molar-refractivity contribution in [3.8, 4) is 0 Å². The molecular formula is C4H7F2NO2. The molecule has 1 unspecified atom stereocenters. The van der Waals surface area contributed by atoms with Crippen molar-refractivity contribution in [3.05, 3.63) is 0 Å². The maximum atomic E-state index is 11.9. The Morgan fingerprint density at radius 1 is 1.78 bits per heavy atom. The second kappa shape index (κ2) is 2.26. The van der Waals surface area contributed by atoms with Gasteiger partial charge in [-0.2, -0.15) is 8.78 Å². The summed E-state index contributed by atoms with van der Waals surface area (Å²) >= 11 is 0. The van der Waals surface area contributed by atoms with Crippen LogP contribution in [0.4, 0.5) is 8.78 Å². The number of hydrogen-bond acceptors (Lipinski definition) is 2. The lowest BCUT2D eigenvalue weighted by molar-refractivity contribution is -0.157. The van der Waals surface area contributed by atoms with Crippen LogP contribution in [0.2, 0.25) is 0 Å². The Balaban J connectivity index is 4.19. The topological polar surface area (TPSA) is 63.3 Å². The van der Waals surface area contributed by atoms with Crippen LogP contribution < -0.4 is 5.73 Å². The molecule has 9 heavy (non-hydrogen) atoms. The molecule has 0 aromatic heterocycles. The Bertz CT molecular complexity index is 124. The van der Waals surface area contributed by atoms with E-state index >= 15 is 0 Å². The molecule has 0 aromatic carbocycles. The molecule has 0 heterocycles. The van der Waals surface area contributed by atoms with E-state index in [2.05, 4.69) is 5.73 Å². The first-order chi connectivity index (χ1) is 3.89. The van der Waals surface area contributed by atoms with Crippen molar-refractivity contribution in [2.24, 2.45) is 5.73 Å². The lowest BCUT2D eigenvalue weighted by atomic mass is 10.2. The molecule has 0 radical (unpaired) electrons. The average Bonchev–Trinajstić information content (AvgIpc) is 1.65. The van der Waals surface area contributed by atoms with E-state index in [-0.39, 0.29) is 0 Å². The average molecular weight is 139 g/mol. The smallest absolute Gasteiger partial charge is 0.349 e. The van der Waals surface area contributed by atoms with Crippen LogP contribution in [-0.4, -0.2) is 23.0 Å². The third-order valence-electron chi connectivity index (χ3n) is 0.853. The van der Waals surface area contributed by atoms with Gasteiger partial charge in [-0.1, -0.05) is 0 Å². The molecule has 0 aliphatic carbocycles. The first kappa shape index (κ1) is 8.29. The van der Waals surface area contributed by atoms with Gasteiger partial charge in [0.15, 0.2) is 0 Å². The van der Waals surface area contributed by atoms with Gasteiger partial charge < -0.3 is 10.8 Å². The lowest BCUT2D eigenvalue weighted by Gasteiger charge is -2.13. The summed E-state index contributed by atoms with van der Waals surface area (Å²) in [5.41, 5.74) is 4.22. The van der Waals surface area contributed by atoms with Crippen LogP contribution in [-0.2, 0) is 4.79 Å². The van der Waals surface area contributed by atoms with Crippen molar-refractivity contribution in [1.29, 1.82) is 0 Å². The van der Waals surface area contributed by atoms with Gasteiger partial charge in [0.05, 0.1) is 0 Å². The lowest BCUT2D eigenvalue weighted by Crippen LogP contribution is -2.44. The predicted octanol–water partition coefficient (Wildman–Crippen LogP) is -0.512. The Hall–Kier alpha value is -0.710. The Kier molecular flexibility index (Phi) is 2.08. The van der Waals surface area contributed by atoms with Gasteiger partial charge in [-0.3, -0.25) is 4.79 Å². The summed E-state index contributed by atoms with van der Waals surface area (Å²) in [6.45, 7) is 0.796. The van der Waals surface area contributed by atoms with Crippen LogP contribution in [0.15, 0.2) is 0 Å². The minimum absolute atomic E-state index is 0.796. The first-order valence-corrected chi connectivity index (χ1v) is 2.24. The van der Waals surface area contributed by atoms with Gasteiger partial charge >= 0.3 is 5.92 Å². The van der Waals surface area contributed by atoms with Gasteiger partial charge in [-0.25, -0.2) is 0 Å². The molecule has 0 bridgehead atoms. The van der Waals surface area contributed by atoms with E-state index in [1.165, 1.54) is 0 Å². The van der Waals surface area contributed by atoms with Gasteiger partial charge in [0.1, 0.15) is 6.10 Å². The molecule has 1 amide bonds. The van der Waals surface area contributed by atoms with E-state index in [1.807, 2.05) is 0 Å². The molecule has 3 N–H and O–H groups in total. The summed E-state index contributed by atoms with van der Waals surface area (Å²) in [4.78, 5) is 9.77. The number of amides is 1. The van der Waals surface area contributed by atoms with Crippen molar-refractivity contribution >= 4 is 5.91 Å². The Labute approximate surface area is 50.5 Å². The quantitative estimate of drug-likeness (QED) is 0.541. The predicted molar refractivity (Wildman–Crippen MR) is 25.8 cm³/mol. The van der Waals surface area contributed by atoms with Gasteiger partial charge in [0.25, 0.3) is 5.91 Å². The molecule has 0 rings (SSSR count). The van der Waals surface area contributed by atoms with Gasteiger partial charge in [0, 0.05) is 0 Å². The number of halogens is 2. The fourth-order valence-electron chi connectivity index (χ4n) is 0.206. The SMILES string of the molecule is CC(O)C(F)(F)C(N)=O. The number of aliphatic hydroxyl groups excluding tert-OH is 1. The third-order valence-corrected chi connectivity index (χ3v) is 0.853. The van der Waals surface area contributed by atoms with Crippen molar-refractivity contribution in [1.82, 2.24) is 0 Å². The number of carbonyl (C=O) groups is 1. The zero-order chi connectivity index (χ0) is 7.65. The van der Waals surface area contributed by atoms with Crippen molar-refractivity contribution in [2.75, 3.05) is 0 Å². The van der Waals surface area contributed by atoms with E-state index < -0.39 is 17.9 Å². The monoisotopic (exact) mass is 139 g/mol. The number of carbonyl (C=O) groups excluding carboxylic acids is 1. The fourth-order valence-corrected chi connectivity index (χ4v) is 0.206. The van der Waals surface area contributed by atoms with E-state index in [0.29, 0.717) is 0 Å². The molecule has 3 nitrogen and oxygen atoms in total. The third kappa shape index (κ3) is 1.60. The molecular weight excluding hydrogens is 132 g/mol. The Morgan fingerprint density at radius 2 is 2.11 bits per heavy atom. The number of alkyl halides is 2. The van der Waals surface area contributed by atoms with Crippen LogP contribution in [0.3, 0.4) is 0 Å². The molecule has 5 heteroatoms. The fraction of sp³-hybridized carbons (Fsp3) is 0.750. The van der Waals surface area contributed by atoms with Gasteiger partial charge in [-0.15, -0.1) is 0 Å². The minimum Gasteiger partial charge on any atom is -0.387 e. The summed E-state index contributed by atoms with van der Waals surface area (Å²) in [6.07, 6.45) is -2.02. The number of nitrogens with two attached hydrogens (primary N) is 1. The molecule has 54 valence electrons. The van der Waals surface area contributed by atoms with Crippen molar-refractivity contribution in [2.45, 2.75) is 19.0 Å². The number of hydrogen-bond donors (Lipinski definition) is 2. The second-order valence-electron chi connectivity index (χ2n) is 1.66. The van der Waals surface area contributed by atoms with Crippen LogP contribution in [0.1, 0.15) is 6.92 Å². The van der Waals surface area contributed by atoms with Crippen molar-refractivity contribution in [3.63, 3.8) is 0 Å². The van der Waals surface area contributed by atoms with E-state index in [1.54, 1.807) is 0 Å². The molecule has 0 saturated carbocycles. The summed E-state index contributed by atoms with van der Waals surface area (Å²) in [6, 6.07) is 0. The molecule has 0 aromatic rings. The standard InChI is InChI=1S/C4H7F2NO2/c1-2(8)4(5,6)3(7)9/h2,8H,1H3,(H2,7,9). The number of rotatable bonds is 2. The van der Waals surface area contributed by atoms with E-state index in [4.69, 9.17) is 5.11 Å². The summed E-state index contributed by atoms with van der Waals surface area (Å²) in [5, 5.41) is 8.20. The van der Waals surface area contributed by atoms with E-state index in [0.717, 1.165) is 6.92 Å². The summed E-state index contributed by atoms with van der Waals surface area (Å²) in [5.74, 6) is -5.61. The second-order valence-corrected chi connectivity index (χ2v) is 1.66. The van der Waals surface area contributed by atoms with Gasteiger partial charge in [0.2, 0.25) is 0 Å². The largest absolute Gasteiger partial charge is 0.387 e. The highest BCUT2D eigenvalue weighted by molar-refractivity contribution is 5.82. The number of primary amides is 1. The van der Waals surface area contributed by atoms with Crippen LogP contribution in [0.25, 0.3) is 0 Å². The molecule has 0 aliphatic heterocycles. The zero-order valence-electron chi connectivity index (χ0n) is 4.77. The van der Waals surface area contributed by atoms with Crippen LogP contribution >= 0.6 is 0 Å². The summed E-state index contributed by atoms with van der Waals surface area (Å²) < 4.78 is 23.9. The molecule has 0 spiro atoms.